The third-order valence-electron chi connectivity index (χ3n) is 5.36. The van der Waals surface area contributed by atoms with E-state index >= 15 is 0 Å². The minimum absolute atomic E-state index is 0. The van der Waals surface area contributed by atoms with Crippen molar-refractivity contribution in [2.75, 3.05) is 33.4 Å². The molecule has 0 unspecified atom stereocenters. The van der Waals surface area contributed by atoms with Crippen molar-refractivity contribution in [2.24, 2.45) is 11.1 Å². The summed E-state index contributed by atoms with van der Waals surface area (Å²) in [6, 6.07) is 0.174. The lowest BCUT2D eigenvalue weighted by atomic mass is 9.71. The molecule has 0 bridgehead atoms. The molecule has 0 radical (unpaired) electrons. The van der Waals surface area contributed by atoms with E-state index in [4.69, 9.17) is 10.5 Å². The van der Waals surface area contributed by atoms with Crippen molar-refractivity contribution in [3.8, 4) is 0 Å². The van der Waals surface area contributed by atoms with Crippen LogP contribution in [-0.4, -0.2) is 56.1 Å². The van der Waals surface area contributed by atoms with Gasteiger partial charge in [-0.25, -0.2) is 0 Å². The third kappa shape index (κ3) is 5.90. The largest absolute Gasteiger partial charge is 0.375 e. The van der Waals surface area contributed by atoms with Crippen molar-refractivity contribution in [2.45, 2.75) is 57.4 Å². The van der Waals surface area contributed by atoms with E-state index < -0.39 is 0 Å². The summed E-state index contributed by atoms with van der Waals surface area (Å²) in [7, 11) is 1.53. The SMILES string of the molecule is COCC(=O)N1CCC(NC(=O)CC2(CN)CCCCC2)CC1.Cl. The van der Waals surface area contributed by atoms with Crippen LogP contribution in [0.1, 0.15) is 51.4 Å². The number of ether oxygens (including phenoxy) is 1. The Morgan fingerprint density at radius 1 is 1.21 bits per heavy atom. The van der Waals surface area contributed by atoms with Crippen LogP contribution in [0.2, 0.25) is 0 Å². The maximum atomic E-state index is 12.4. The second-order valence-electron chi connectivity index (χ2n) is 7.10. The molecule has 7 heteroatoms. The molecule has 2 rings (SSSR count). The average molecular weight is 362 g/mol. The molecule has 24 heavy (non-hydrogen) atoms. The summed E-state index contributed by atoms with van der Waals surface area (Å²) < 4.78 is 4.88. The number of piperidine rings is 1. The van der Waals surface area contributed by atoms with Crippen LogP contribution in [0.3, 0.4) is 0 Å². The van der Waals surface area contributed by atoms with Crippen molar-refractivity contribution in [3.63, 3.8) is 0 Å². The summed E-state index contributed by atoms with van der Waals surface area (Å²) in [6.07, 6.45) is 7.95. The normalized spacial score (nSPS) is 21.0. The molecule has 0 aromatic heterocycles. The van der Waals surface area contributed by atoms with Crippen LogP contribution in [0.15, 0.2) is 0 Å². The van der Waals surface area contributed by atoms with E-state index in [1.54, 1.807) is 0 Å². The fraction of sp³-hybridized carbons (Fsp3) is 0.882. The van der Waals surface area contributed by atoms with Gasteiger partial charge < -0.3 is 20.7 Å². The first kappa shape index (κ1) is 21.2. The molecule has 0 aromatic carbocycles. The van der Waals surface area contributed by atoms with Crippen molar-refractivity contribution < 1.29 is 14.3 Å². The van der Waals surface area contributed by atoms with Gasteiger partial charge >= 0.3 is 0 Å². The lowest BCUT2D eigenvalue weighted by Gasteiger charge is -2.37. The molecule has 1 aliphatic carbocycles. The highest BCUT2D eigenvalue weighted by molar-refractivity contribution is 5.85. The fourth-order valence-corrected chi connectivity index (χ4v) is 3.86. The molecule has 140 valence electrons. The summed E-state index contributed by atoms with van der Waals surface area (Å²) in [4.78, 5) is 26.0. The van der Waals surface area contributed by atoms with Gasteiger partial charge in [0.15, 0.2) is 0 Å². The van der Waals surface area contributed by atoms with Crippen LogP contribution in [0, 0.1) is 5.41 Å². The number of halogens is 1. The molecule has 0 aromatic rings. The predicted molar refractivity (Wildman–Crippen MR) is 96.1 cm³/mol. The third-order valence-corrected chi connectivity index (χ3v) is 5.36. The van der Waals surface area contributed by atoms with Crippen LogP contribution in [-0.2, 0) is 14.3 Å². The predicted octanol–water partition coefficient (Wildman–Crippen LogP) is 1.46. The Morgan fingerprint density at radius 2 is 1.83 bits per heavy atom. The molecule has 6 nitrogen and oxygen atoms in total. The zero-order valence-corrected chi connectivity index (χ0v) is 15.5. The van der Waals surface area contributed by atoms with Crippen LogP contribution >= 0.6 is 12.4 Å². The lowest BCUT2D eigenvalue weighted by molar-refractivity contribution is -0.136. The number of nitrogens with two attached hydrogens (primary N) is 1. The fourth-order valence-electron chi connectivity index (χ4n) is 3.86. The smallest absolute Gasteiger partial charge is 0.248 e. The van der Waals surface area contributed by atoms with E-state index in [2.05, 4.69) is 5.32 Å². The number of amides is 2. The highest BCUT2D eigenvalue weighted by Gasteiger charge is 2.33. The average Bonchev–Trinajstić information content (AvgIpc) is 2.56. The van der Waals surface area contributed by atoms with E-state index in [9.17, 15) is 9.59 Å². The number of likely N-dealkylation sites (tertiary alicyclic amines) is 1. The van der Waals surface area contributed by atoms with E-state index in [-0.39, 0.29) is 42.3 Å². The van der Waals surface area contributed by atoms with Gasteiger partial charge in [-0.2, -0.15) is 0 Å². The van der Waals surface area contributed by atoms with Crippen molar-refractivity contribution in [3.05, 3.63) is 0 Å². The highest BCUT2D eigenvalue weighted by Crippen LogP contribution is 2.38. The van der Waals surface area contributed by atoms with Gasteiger partial charge in [-0.15, -0.1) is 12.4 Å². The monoisotopic (exact) mass is 361 g/mol. The van der Waals surface area contributed by atoms with Crippen LogP contribution in [0.25, 0.3) is 0 Å². The first-order valence-electron chi connectivity index (χ1n) is 8.85. The molecule has 0 atom stereocenters. The van der Waals surface area contributed by atoms with E-state index in [1.165, 1.54) is 26.4 Å². The molecule has 2 aliphatic rings. The zero-order valence-electron chi connectivity index (χ0n) is 14.7. The van der Waals surface area contributed by atoms with Gasteiger partial charge in [0.05, 0.1) is 0 Å². The maximum absolute atomic E-state index is 12.4. The van der Waals surface area contributed by atoms with Crippen molar-refractivity contribution in [1.82, 2.24) is 10.2 Å². The lowest BCUT2D eigenvalue weighted by Crippen LogP contribution is -2.48. The van der Waals surface area contributed by atoms with Gasteiger partial charge in [0, 0.05) is 32.7 Å². The first-order chi connectivity index (χ1) is 11.1. The van der Waals surface area contributed by atoms with Gasteiger partial charge in [0.2, 0.25) is 11.8 Å². The number of rotatable bonds is 6. The molecule has 1 saturated heterocycles. The molecule has 2 amide bonds. The Bertz CT molecular complexity index is 406. The second-order valence-corrected chi connectivity index (χ2v) is 7.10. The van der Waals surface area contributed by atoms with Gasteiger partial charge in [-0.1, -0.05) is 19.3 Å². The number of carbonyl (C=O) groups excluding carboxylic acids is 2. The Morgan fingerprint density at radius 3 is 2.38 bits per heavy atom. The molecule has 2 fully saturated rings. The molecule has 1 heterocycles. The summed E-state index contributed by atoms with van der Waals surface area (Å²) in [5.41, 5.74) is 5.98. The van der Waals surface area contributed by atoms with Gasteiger partial charge in [-0.3, -0.25) is 9.59 Å². The minimum atomic E-state index is 0. The standard InChI is InChI=1S/C17H31N3O3.ClH/c1-23-12-16(22)20-9-5-14(6-10-20)19-15(21)11-17(13-18)7-3-2-4-8-17;/h14H,2-13,18H2,1H3,(H,19,21);1H. The Kier molecular flexibility index (Phi) is 9.02. The number of hydrogen-bond donors (Lipinski definition) is 2. The maximum Gasteiger partial charge on any atom is 0.248 e. The van der Waals surface area contributed by atoms with E-state index in [0.717, 1.165) is 25.7 Å². The quantitative estimate of drug-likeness (QED) is 0.750. The minimum Gasteiger partial charge on any atom is -0.375 e. The van der Waals surface area contributed by atoms with Gasteiger partial charge in [0.1, 0.15) is 6.61 Å². The summed E-state index contributed by atoms with van der Waals surface area (Å²) in [6.45, 7) is 2.12. The molecule has 0 spiro atoms. The Labute approximate surface area is 151 Å². The summed E-state index contributed by atoms with van der Waals surface area (Å²) in [5.74, 6) is 0.153. The molecule has 1 aliphatic heterocycles. The number of nitrogens with one attached hydrogen (secondary N) is 1. The summed E-state index contributed by atoms with van der Waals surface area (Å²) >= 11 is 0. The summed E-state index contributed by atoms with van der Waals surface area (Å²) in [5, 5.41) is 3.15. The first-order valence-corrected chi connectivity index (χ1v) is 8.85. The molecular formula is C17H32ClN3O3. The zero-order chi connectivity index (χ0) is 16.7. The number of carbonyl (C=O) groups is 2. The van der Waals surface area contributed by atoms with Gasteiger partial charge in [0.25, 0.3) is 0 Å². The Hall–Kier alpha value is -0.850. The second kappa shape index (κ2) is 10.2. The highest BCUT2D eigenvalue weighted by atomic mass is 35.5. The molecule has 1 saturated carbocycles. The topological polar surface area (TPSA) is 84.7 Å². The number of nitrogens with zero attached hydrogens (tertiary/aromatic N) is 1. The van der Waals surface area contributed by atoms with E-state index in [1.807, 2.05) is 4.90 Å². The van der Waals surface area contributed by atoms with Crippen molar-refractivity contribution in [1.29, 1.82) is 0 Å². The van der Waals surface area contributed by atoms with Gasteiger partial charge in [-0.05, 0) is 37.6 Å². The molecule has 3 N–H and O–H groups in total. The Balaban J connectivity index is 0.00000288. The van der Waals surface area contributed by atoms with Crippen LogP contribution in [0.5, 0.6) is 0 Å². The number of methoxy groups -OCH3 is 1. The molecular weight excluding hydrogens is 330 g/mol. The van der Waals surface area contributed by atoms with Crippen LogP contribution < -0.4 is 11.1 Å². The number of hydrogen-bond acceptors (Lipinski definition) is 4. The van der Waals surface area contributed by atoms with Crippen molar-refractivity contribution >= 4 is 24.2 Å². The van der Waals surface area contributed by atoms with Crippen LogP contribution in [0.4, 0.5) is 0 Å². The van der Waals surface area contributed by atoms with E-state index in [0.29, 0.717) is 26.1 Å².